The number of rotatable bonds is 2. The highest BCUT2D eigenvalue weighted by Gasteiger charge is 2.43. The van der Waals surface area contributed by atoms with Crippen LogP contribution in [-0.2, 0) is 0 Å². The van der Waals surface area contributed by atoms with E-state index in [1.165, 1.54) is 0 Å². The van der Waals surface area contributed by atoms with E-state index in [1.54, 1.807) is 0 Å². The van der Waals surface area contributed by atoms with E-state index in [2.05, 4.69) is 13.0 Å². The fourth-order valence-corrected chi connectivity index (χ4v) is 2.87. The van der Waals surface area contributed by atoms with Gasteiger partial charge in [-0.3, -0.25) is 0 Å². The van der Waals surface area contributed by atoms with E-state index in [0.29, 0.717) is 11.8 Å². The van der Waals surface area contributed by atoms with Crippen molar-refractivity contribution in [1.82, 2.24) is 0 Å². The minimum Gasteiger partial charge on any atom is -0.388 e. The van der Waals surface area contributed by atoms with Crippen LogP contribution in [0.5, 0.6) is 0 Å². The highest BCUT2D eigenvalue weighted by Crippen LogP contribution is 2.46. The van der Waals surface area contributed by atoms with Crippen LogP contribution in [0.15, 0.2) is 11.6 Å². The fourth-order valence-electron chi connectivity index (χ4n) is 2.45. The van der Waals surface area contributed by atoms with Crippen molar-refractivity contribution in [1.29, 1.82) is 0 Å². The minimum atomic E-state index is -0.434. The third-order valence-corrected chi connectivity index (χ3v) is 4.31. The third-order valence-electron chi connectivity index (χ3n) is 3.09. The largest absolute Gasteiger partial charge is 0.388 e. The minimum absolute atomic E-state index is 0.0332. The first kappa shape index (κ1) is 12.4. The maximum absolute atomic E-state index is 10.0. The average Bonchev–Trinajstić information content (AvgIpc) is 2.14. The molecular weight excluding hydrogens is 219 g/mol. The van der Waals surface area contributed by atoms with Gasteiger partial charge in [-0.2, -0.15) is 0 Å². The molecule has 3 unspecified atom stereocenters. The molecular formula is C11H18Cl2O. The van der Waals surface area contributed by atoms with Crippen LogP contribution in [-0.4, -0.2) is 23.0 Å². The number of alkyl halides is 2. The fraction of sp³-hybridized carbons (Fsp3) is 0.818. The maximum atomic E-state index is 10.0. The average molecular weight is 237 g/mol. The molecule has 3 heteroatoms. The van der Waals surface area contributed by atoms with Crippen LogP contribution < -0.4 is 0 Å². The van der Waals surface area contributed by atoms with Crippen LogP contribution in [0.2, 0.25) is 0 Å². The molecule has 0 heterocycles. The van der Waals surface area contributed by atoms with Gasteiger partial charge < -0.3 is 5.11 Å². The first-order valence-corrected chi connectivity index (χ1v) is 5.93. The van der Waals surface area contributed by atoms with Crippen molar-refractivity contribution in [3.8, 4) is 0 Å². The van der Waals surface area contributed by atoms with Crippen molar-refractivity contribution in [2.24, 2.45) is 10.8 Å². The van der Waals surface area contributed by atoms with Gasteiger partial charge in [-0.15, -0.1) is 23.2 Å². The predicted molar refractivity (Wildman–Crippen MR) is 62.0 cm³/mol. The Bertz CT molecular complexity index is 252. The van der Waals surface area contributed by atoms with E-state index in [9.17, 15) is 5.11 Å². The van der Waals surface area contributed by atoms with Gasteiger partial charge in [-0.05, 0) is 24.3 Å². The second-order valence-corrected chi connectivity index (χ2v) is 5.58. The number of hydrogen-bond acceptors (Lipinski definition) is 1. The highest BCUT2D eigenvalue weighted by molar-refractivity contribution is 6.19. The zero-order valence-electron chi connectivity index (χ0n) is 8.98. The monoisotopic (exact) mass is 236 g/mol. The van der Waals surface area contributed by atoms with Crippen molar-refractivity contribution < 1.29 is 5.11 Å². The molecule has 0 aliphatic heterocycles. The van der Waals surface area contributed by atoms with Crippen LogP contribution >= 0.6 is 23.2 Å². The van der Waals surface area contributed by atoms with Crippen molar-refractivity contribution in [3.63, 3.8) is 0 Å². The molecule has 3 atom stereocenters. The SMILES string of the molecule is CC1=CC(C)(CCl)CC(C)(CCl)C1O. The summed E-state index contributed by atoms with van der Waals surface area (Å²) in [6, 6.07) is 0. The zero-order chi connectivity index (χ0) is 11.0. The number of halogens is 2. The smallest absolute Gasteiger partial charge is 0.0812 e. The molecule has 1 N–H and O–H groups in total. The Labute approximate surface area is 96.1 Å². The first-order valence-electron chi connectivity index (χ1n) is 4.86. The number of allylic oxidation sites excluding steroid dienone is 1. The maximum Gasteiger partial charge on any atom is 0.0812 e. The quantitative estimate of drug-likeness (QED) is 0.577. The molecule has 0 fully saturated rings. The molecule has 0 bridgehead atoms. The zero-order valence-corrected chi connectivity index (χ0v) is 10.5. The van der Waals surface area contributed by atoms with Gasteiger partial charge in [0.05, 0.1) is 6.10 Å². The second kappa shape index (κ2) is 4.03. The Morgan fingerprint density at radius 1 is 1.43 bits per heavy atom. The van der Waals surface area contributed by atoms with E-state index in [-0.39, 0.29) is 10.8 Å². The van der Waals surface area contributed by atoms with Crippen LogP contribution in [0.4, 0.5) is 0 Å². The van der Waals surface area contributed by atoms with Crippen LogP contribution in [0, 0.1) is 10.8 Å². The van der Waals surface area contributed by atoms with Gasteiger partial charge >= 0.3 is 0 Å². The molecule has 0 saturated heterocycles. The Morgan fingerprint density at radius 3 is 2.43 bits per heavy atom. The number of aliphatic hydroxyl groups is 1. The Morgan fingerprint density at radius 2 is 2.00 bits per heavy atom. The third kappa shape index (κ3) is 2.10. The van der Waals surface area contributed by atoms with E-state index >= 15 is 0 Å². The van der Waals surface area contributed by atoms with E-state index in [4.69, 9.17) is 23.2 Å². The van der Waals surface area contributed by atoms with Gasteiger partial charge in [0, 0.05) is 17.2 Å². The van der Waals surface area contributed by atoms with Crippen molar-refractivity contribution in [2.45, 2.75) is 33.3 Å². The molecule has 1 rings (SSSR count). The van der Waals surface area contributed by atoms with Crippen LogP contribution in [0.1, 0.15) is 27.2 Å². The molecule has 14 heavy (non-hydrogen) atoms. The molecule has 0 aromatic rings. The predicted octanol–water partition coefficient (Wildman–Crippen LogP) is 3.19. The molecule has 0 amide bonds. The summed E-state index contributed by atoms with van der Waals surface area (Å²) >= 11 is 11.9. The molecule has 1 aliphatic rings. The second-order valence-electron chi connectivity index (χ2n) is 5.04. The first-order chi connectivity index (χ1) is 6.37. The van der Waals surface area contributed by atoms with E-state index in [0.717, 1.165) is 12.0 Å². The summed E-state index contributed by atoms with van der Waals surface area (Å²) in [5.41, 5.74) is 0.709. The van der Waals surface area contributed by atoms with Gasteiger partial charge in [-0.25, -0.2) is 0 Å². The Balaban J connectivity index is 3.04. The standard InChI is InChI=1S/C11H18Cl2O/c1-8-4-10(2,6-12)5-11(3,7-13)9(8)14/h4,9,14H,5-7H2,1-3H3. The summed E-state index contributed by atoms with van der Waals surface area (Å²) in [4.78, 5) is 0. The lowest BCUT2D eigenvalue weighted by Crippen LogP contribution is -2.43. The number of hydrogen-bond donors (Lipinski definition) is 1. The van der Waals surface area contributed by atoms with Gasteiger partial charge in [0.1, 0.15) is 0 Å². The lowest BCUT2D eigenvalue weighted by molar-refractivity contribution is 0.0418. The van der Waals surface area contributed by atoms with Crippen molar-refractivity contribution in [3.05, 3.63) is 11.6 Å². The van der Waals surface area contributed by atoms with E-state index in [1.807, 2.05) is 13.8 Å². The number of aliphatic hydroxyl groups excluding tert-OH is 1. The summed E-state index contributed by atoms with van der Waals surface area (Å²) in [7, 11) is 0. The molecule has 0 aromatic carbocycles. The summed E-state index contributed by atoms with van der Waals surface area (Å²) < 4.78 is 0. The lowest BCUT2D eigenvalue weighted by Gasteiger charge is -2.44. The van der Waals surface area contributed by atoms with Crippen molar-refractivity contribution >= 4 is 23.2 Å². The van der Waals surface area contributed by atoms with Gasteiger partial charge in [0.15, 0.2) is 0 Å². The summed E-state index contributed by atoms with van der Waals surface area (Å²) in [5, 5.41) is 10.0. The Hall–Kier alpha value is 0.280. The molecule has 0 radical (unpaired) electrons. The molecule has 1 aliphatic carbocycles. The summed E-state index contributed by atoms with van der Waals surface area (Å²) in [6.07, 6.45) is 2.49. The van der Waals surface area contributed by atoms with Crippen LogP contribution in [0.25, 0.3) is 0 Å². The molecule has 82 valence electrons. The van der Waals surface area contributed by atoms with Gasteiger partial charge in [0.2, 0.25) is 0 Å². The van der Waals surface area contributed by atoms with Gasteiger partial charge in [0.25, 0.3) is 0 Å². The molecule has 0 saturated carbocycles. The topological polar surface area (TPSA) is 20.2 Å². The molecule has 0 aromatic heterocycles. The molecule has 0 spiro atoms. The van der Waals surface area contributed by atoms with Gasteiger partial charge in [-0.1, -0.05) is 19.9 Å². The lowest BCUT2D eigenvalue weighted by atomic mass is 9.65. The molecule has 1 nitrogen and oxygen atoms in total. The normalized spacial score (nSPS) is 43.6. The Kier molecular flexibility index (Phi) is 3.56. The summed E-state index contributed by atoms with van der Waals surface area (Å²) in [5.74, 6) is 1.04. The van der Waals surface area contributed by atoms with Crippen LogP contribution in [0.3, 0.4) is 0 Å². The van der Waals surface area contributed by atoms with Crippen molar-refractivity contribution in [2.75, 3.05) is 11.8 Å². The summed E-state index contributed by atoms with van der Waals surface area (Å²) in [6.45, 7) is 6.07. The highest BCUT2D eigenvalue weighted by atomic mass is 35.5. The van der Waals surface area contributed by atoms with E-state index < -0.39 is 6.10 Å².